The van der Waals surface area contributed by atoms with Gasteiger partial charge in [0.15, 0.2) is 5.82 Å². The summed E-state index contributed by atoms with van der Waals surface area (Å²) in [6.07, 6.45) is -0.0594. The maximum Gasteiger partial charge on any atom is 0.416 e. The molecule has 6 nitrogen and oxygen atoms in total. The van der Waals surface area contributed by atoms with E-state index in [4.69, 9.17) is 5.26 Å². The monoisotopic (exact) mass is 424 g/mol. The molecule has 0 spiro atoms. The first-order chi connectivity index (χ1) is 14.2. The van der Waals surface area contributed by atoms with Crippen molar-refractivity contribution < 1.29 is 27.5 Å². The Bertz CT molecular complexity index is 959. The van der Waals surface area contributed by atoms with Crippen molar-refractivity contribution in [2.24, 2.45) is 5.92 Å². The number of halogens is 4. The summed E-state index contributed by atoms with van der Waals surface area (Å²) in [5.74, 6) is -2.35. The molecule has 2 N–H and O–H groups in total. The number of carbonyl (C=O) groups is 1. The lowest BCUT2D eigenvalue weighted by molar-refractivity contribution is -0.137. The summed E-state index contributed by atoms with van der Waals surface area (Å²) in [6, 6.07) is 3.47. The molecule has 1 aliphatic rings. The van der Waals surface area contributed by atoms with Crippen LogP contribution in [0.2, 0.25) is 0 Å². The minimum Gasteiger partial charge on any atom is -0.386 e. The lowest BCUT2D eigenvalue weighted by atomic mass is 9.84. The average molecular weight is 424 g/mol. The Kier molecular flexibility index (Phi) is 6.41. The van der Waals surface area contributed by atoms with Gasteiger partial charge in [0.1, 0.15) is 18.5 Å². The molecular weight excluding hydrogens is 404 g/mol. The van der Waals surface area contributed by atoms with Gasteiger partial charge in [-0.1, -0.05) is 19.3 Å². The van der Waals surface area contributed by atoms with Crippen molar-refractivity contribution in [1.82, 2.24) is 9.55 Å². The highest BCUT2D eigenvalue weighted by Gasteiger charge is 2.33. The average Bonchev–Trinajstić information content (AvgIpc) is 3.09. The number of imidazole rings is 1. The van der Waals surface area contributed by atoms with E-state index >= 15 is 0 Å². The summed E-state index contributed by atoms with van der Waals surface area (Å²) in [5.41, 5.74) is -1.61. The molecule has 1 aromatic heterocycles. The summed E-state index contributed by atoms with van der Waals surface area (Å²) in [6.45, 7) is -0.125. The fraction of sp³-hybridized carbons (Fsp3) is 0.450. The molecule has 1 amide bonds. The van der Waals surface area contributed by atoms with Gasteiger partial charge in [0.05, 0.1) is 23.7 Å². The van der Waals surface area contributed by atoms with Crippen LogP contribution >= 0.6 is 0 Å². The molecule has 1 aliphatic carbocycles. The summed E-state index contributed by atoms with van der Waals surface area (Å²) in [4.78, 5) is 16.5. The van der Waals surface area contributed by atoms with Crippen LogP contribution < -0.4 is 5.32 Å². The lowest BCUT2D eigenvalue weighted by Crippen LogP contribution is -2.22. The van der Waals surface area contributed by atoms with Crippen LogP contribution in [0.1, 0.15) is 59.8 Å². The SMILES string of the molecule is N#CCn1cnc(NC(=O)c2cc(F)cc(C(F)(F)F)c2)c1C(O)C1CCCCC1. The number of benzene rings is 1. The number of hydrogen-bond acceptors (Lipinski definition) is 4. The standard InChI is InChI=1S/C20H20F4N4O2/c21-15-9-13(8-14(10-15)20(22,23)24)19(30)27-18-16(28(7-6-25)11-26-18)17(29)12-4-2-1-3-5-12/h8-12,17,29H,1-5,7H2,(H,27,30). The Morgan fingerprint density at radius 3 is 2.63 bits per heavy atom. The Morgan fingerprint density at radius 2 is 2.00 bits per heavy atom. The Balaban J connectivity index is 1.90. The zero-order valence-corrected chi connectivity index (χ0v) is 15.9. The highest BCUT2D eigenvalue weighted by molar-refractivity contribution is 6.04. The number of nitrogens with one attached hydrogen (secondary N) is 1. The normalized spacial score (nSPS) is 16.1. The van der Waals surface area contributed by atoms with Crippen molar-refractivity contribution in [2.45, 2.75) is 50.9 Å². The number of carbonyl (C=O) groups excluding carboxylic acids is 1. The highest BCUT2D eigenvalue weighted by atomic mass is 19.4. The zero-order chi connectivity index (χ0) is 21.9. The first-order valence-electron chi connectivity index (χ1n) is 9.50. The quantitative estimate of drug-likeness (QED) is 0.695. The lowest BCUT2D eigenvalue weighted by Gasteiger charge is -2.27. The number of aromatic nitrogens is 2. The van der Waals surface area contributed by atoms with Crippen molar-refractivity contribution in [3.63, 3.8) is 0 Å². The van der Waals surface area contributed by atoms with Gasteiger partial charge in [-0.3, -0.25) is 4.79 Å². The van der Waals surface area contributed by atoms with Gasteiger partial charge in [-0.15, -0.1) is 0 Å². The Labute approximate surface area is 170 Å². The summed E-state index contributed by atoms with van der Waals surface area (Å²) >= 11 is 0. The second kappa shape index (κ2) is 8.83. The Morgan fingerprint density at radius 1 is 1.30 bits per heavy atom. The van der Waals surface area contributed by atoms with E-state index in [0.717, 1.165) is 32.1 Å². The van der Waals surface area contributed by atoms with Crippen LogP contribution in [-0.4, -0.2) is 20.6 Å². The molecule has 1 fully saturated rings. The number of nitriles is 1. The van der Waals surface area contributed by atoms with Gasteiger partial charge >= 0.3 is 6.18 Å². The molecule has 1 unspecified atom stereocenters. The van der Waals surface area contributed by atoms with Crippen molar-refractivity contribution >= 4 is 11.7 Å². The second-order valence-corrected chi connectivity index (χ2v) is 7.29. The van der Waals surface area contributed by atoms with E-state index in [-0.39, 0.29) is 24.0 Å². The van der Waals surface area contributed by atoms with Gasteiger partial charge in [0.25, 0.3) is 5.91 Å². The first kappa shape index (κ1) is 21.8. The van der Waals surface area contributed by atoms with Crippen molar-refractivity contribution in [1.29, 1.82) is 5.26 Å². The predicted molar refractivity (Wildman–Crippen MR) is 98.7 cm³/mol. The molecule has 0 aliphatic heterocycles. The van der Waals surface area contributed by atoms with Gasteiger partial charge in [-0.25, -0.2) is 9.37 Å². The number of anilines is 1. The fourth-order valence-corrected chi connectivity index (χ4v) is 3.74. The van der Waals surface area contributed by atoms with Crippen molar-refractivity contribution in [3.8, 4) is 6.07 Å². The third-order valence-electron chi connectivity index (χ3n) is 5.22. The maximum absolute atomic E-state index is 13.6. The molecule has 3 rings (SSSR count). The van der Waals surface area contributed by atoms with E-state index in [0.29, 0.717) is 18.2 Å². The maximum atomic E-state index is 13.6. The molecule has 1 aromatic carbocycles. The van der Waals surface area contributed by atoms with Crippen LogP contribution in [0.15, 0.2) is 24.5 Å². The minimum atomic E-state index is -4.81. The largest absolute Gasteiger partial charge is 0.416 e. The molecule has 10 heteroatoms. The van der Waals surface area contributed by atoms with Gasteiger partial charge < -0.3 is 15.0 Å². The molecular formula is C20H20F4N4O2. The summed E-state index contributed by atoms with van der Waals surface area (Å²) in [5, 5.41) is 22.3. The van der Waals surface area contributed by atoms with E-state index < -0.39 is 35.1 Å². The minimum absolute atomic E-state index is 0.0638. The molecule has 160 valence electrons. The number of nitrogens with zero attached hydrogens (tertiary/aromatic N) is 3. The number of amides is 1. The van der Waals surface area contributed by atoms with Crippen LogP contribution in [0, 0.1) is 23.1 Å². The van der Waals surface area contributed by atoms with Crippen LogP contribution in [0.4, 0.5) is 23.4 Å². The number of aliphatic hydroxyl groups is 1. The third kappa shape index (κ3) is 4.79. The molecule has 2 aromatic rings. The summed E-state index contributed by atoms with van der Waals surface area (Å²) < 4.78 is 53.8. The van der Waals surface area contributed by atoms with E-state index in [1.54, 1.807) is 0 Å². The highest BCUT2D eigenvalue weighted by Crippen LogP contribution is 2.37. The van der Waals surface area contributed by atoms with E-state index in [1.807, 2.05) is 6.07 Å². The molecule has 0 radical (unpaired) electrons. The van der Waals surface area contributed by atoms with E-state index in [2.05, 4.69) is 10.3 Å². The van der Waals surface area contributed by atoms with Gasteiger partial charge in [-0.2, -0.15) is 18.4 Å². The molecule has 1 heterocycles. The predicted octanol–water partition coefficient (Wildman–Crippen LogP) is 4.43. The molecule has 1 atom stereocenters. The first-order valence-corrected chi connectivity index (χ1v) is 9.50. The summed E-state index contributed by atoms with van der Waals surface area (Å²) in [7, 11) is 0. The Hall–Kier alpha value is -2.93. The number of alkyl halides is 3. The van der Waals surface area contributed by atoms with Gasteiger partial charge in [0.2, 0.25) is 0 Å². The van der Waals surface area contributed by atoms with E-state index in [9.17, 15) is 27.5 Å². The van der Waals surface area contributed by atoms with E-state index in [1.165, 1.54) is 10.9 Å². The molecule has 30 heavy (non-hydrogen) atoms. The number of aliphatic hydroxyl groups excluding tert-OH is 1. The van der Waals surface area contributed by atoms with Crippen molar-refractivity contribution in [3.05, 3.63) is 47.2 Å². The van der Waals surface area contributed by atoms with Crippen molar-refractivity contribution in [2.75, 3.05) is 5.32 Å². The second-order valence-electron chi connectivity index (χ2n) is 7.29. The topological polar surface area (TPSA) is 90.9 Å². The molecule has 0 bridgehead atoms. The fourth-order valence-electron chi connectivity index (χ4n) is 3.74. The van der Waals surface area contributed by atoms with Crippen LogP contribution in [0.25, 0.3) is 0 Å². The van der Waals surface area contributed by atoms with Crippen LogP contribution in [-0.2, 0) is 12.7 Å². The van der Waals surface area contributed by atoms with Crippen LogP contribution in [0.3, 0.4) is 0 Å². The number of hydrogen-bond donors (Lipinski definition) is 2. The smallest absolute Gasteiger partial charge is 0.386 e. The third-order valence-corrected chi connectivity index (χ3v) is 5.22. The van der Waals surface area contributed by atoms with Crippen LogP contribution in [0.5, 0.6) is 0 Å². The van der Waals surface area contributed by atoms with Gasteiger partial charge in [0, 0.05) is 5.56 Å². The van der Waals surface area contributed by atoms with Gasteiger partial charge in [-0.05, 0) is 37.0 Å². The molecule has 1 saturated carbocycles. The molecule has 0 saturated heterocycles. The zero-order valence-electron chi connectivity index (χ0n) is 15.9. The number of rotatable bonds is 5.